The van der Waals surface area contributed by atoms with Gasteiger partial charge in [0.15, 0.2) is 0 Å². The molecule has 0 unspecified atom stereocenters. The van der Waals surface area contributed by atoms with Gasteiger partial charge >= 0.3 is 6.16 Å². The Morgan fingerprint density at radius 1 is 1.67 bits per heavy atom. The van der Waals surface area contributed by atoms with Crippen molar-refractivity contribution in [2.75, 3.05) is 19.7 Å². The molecule has 0 radical (unpaired) electrons. The van der Waals surface area contributed by atoms with Crippen molar-refractivity contribution < 1.29 is 14.3 Å². The first-order valence-corrected chi connectivity index (χ1v) is 4.37. The standard InChI is InChI=1S/C8H15NO3/c1-2-11-8(10)12-7-4-3-5-9-6-7/h7,9H,2-6H2,1H3/t7-/m0/s1. The normalized spacial score (nSPS) is 23.2. The van der Waals surface area contributed by atoms with Crippen molar-refractivity contribution in [1.29, 1.82) is 0 Å². The summed E-state index contributed by atoms with van der Waals surface area (Å²) in [6.45, 7) is 3.90. The van der Waals surface area contributed by atoms with Gasteiger partial charge in [-0.1, -0.05) is 0 Å². The lowest BCUT2D eigenvalue weighted by atomic mass is 10.1. The van der Waals surface area contributed by atoms with Crippen molar-refractivity contribution in [2.24, 2.45) is 0 Å². The van der Waals surface area contributed by atoms with Crippen LogP contribution in [-0.2, 0) is 9.47 Å². The van der Waals surface area contributed by atoms with Crippen LogP contribution < -0.4 is 5.32 Å². The zero-order valence-electron chi connectivity index (χ0n) is 7.34. The van der Waals surface area contributed by atoms with E-state index in [2.05, 4.69) is 10.1 Å². The van der Waals surface area contributed by atoms with E-state index < -0.39 is 6.16 Å². The summed E-state index contributed by atoms with van der Waals surface area (Å²) in [6, 6.07) is 0. The van der Waals surface area contributed by atoms with E-state index in [0.717, 1.165) is 25.9 Å². The van der Waals surface area contributed by atoms with Crippen molar-refractivity contribution in [3.05, 3.63) is 0 Å². The number of carbonyl (C=O) groups is 1. The first-order chi connectivity index (χ1) is 5.83. The summed E-state index contributed by atoms with van der Waals surface area (Å²) >= 11 is 0. The van der Waals surface area contributed by atoms with Gasteiger partial charge in [0.25, 0.3) is 0 Å². The second-order valence-corrected chi connectivity index (χ2v) is 2.77. The van der Waals surface area contributed by atoms with E-state index in [4.69, 9.17) is 4.74 Å². The van der Waals surface area contributed by atoms with Crippen molar-refractivity contribution in [2.45, 2.75) is 25.9 Å². The van der Waals surface area contributed by atoms with Gasteiger partial charge < -0.3 is 14.8 Å². The summed E-state index contributed by atoms with van der Waals surface area (Å²) in [5, 5.41) is 3.15. The average molecular weight is 173 g/mol. The molecule has 4 heteroatoms. The Morgan fingerprint density at radius 3 is 3.08 bits per heavy atom. The van der Waals surface area contributed by atoms with Crippen LogP contribution in [0.15, 0.2) is 0 Å². The van der Waals surface area contributed by atoms with Gasteiger partial charge in [-0.2, -0.15) is 0 Å². The van der Waals surface area contributed by atoms with Gasteiger partial charge in [0, 0.05) is 6.54 Å². The molecular weight excluding hydrogens is 158 g/mol. The van der Waals surface area contributed by atoms with Crippen LogP contribution in [0.5, 0.6) is 0 Å². The largest absolute Gasteiger partial charge is 0.508 e. The molecule has 1 aliphatic rings. The van der Waals surface area contributed by atoms with Gasteiger partial charge in [-0.05, 0) is 26.3 Å². The molecule has 0 aromatic rings. The monoisotopic (exact) mass is 173 g/mol. The summed E-state index contributed by atoms with van der Waals surface area (Å²) in [7, 11) is 0. The van der Waals surface area contributed by atoms with Crippen LogP contribution in [0.25, 0.3) is 0 Å². The smallest absolute Gasteiger partial charge is 0.435 e. The highest BCUT2D eigenvalue weighted by Crippen LogP contribution is 2.06. The predicted molar refractivity (Wildman–Crippen MR) is 44.0 cm³/mol. The second kappa shape index (κ2) is 4.98. The minimum Gasteiger partial charge on any atom is -0.435 e. The van der Waals surface area contributed by atoms with E-state index >= 15 is 0 Å². The van der Waals surface area contributed by atoms with Crippen LogP contribution in [-0.4, -0.2) is 32.0 Å². The van der Waals surface area contributed by atoms with Crippen LogP contribution in [0.2, 0.25) is 0 Å². The molecular formula is C8H15NO3. The Balaban J connectivity index is 2.15. The zero-order valence-corrected chi connectivity index (χ0v) is 7.34. The van der Waals surface area contributed by atoms with E-state index in [1.807, 2.05) is 0 Å². The van der Waals surface area contributed by atoms with Crippen molar-refractivity contribution >= 4 is 6.16 Å². The Kier molecular flexibility index (Phi) is 3.87. The summed E-state index contributed by atoms with van der Waals surface area (Å²) in [6.07, 6.45) is 1.44. The topological polar surface area (TPSA) is 47.6 Å². The van der Waals surface area contributed by atoms with Crippen LogP contribution >= 0.6 is 0 Å². The molecule has 0 bridgehead atoms. The molecule has 0 amide bonds. The van der Waals surface area contributed by atoms with Crippen LogP contribution in [0.1, 0.15) is 19.8 Å². The van der Waals surface area contributed by atoms with Gasteiger partial charge in [0.05, 0.1) is 6.61 Å². The van der Waals surface area contributed by atoms with Gasteiger partial charge in [0.2, 0.25) is 0 Å². The number of nitrogens with one attached hydrogen (secondary N) is 1. The first-order valence-electron chi connectivity index (χ1n) is 4.37. The predicted octanol–water partition coefficient (Wildman–Crippen LogP) is 0.911. The van der Waals surface area contributed by atoms with Crippen molar-refractivity contribution in [3.8, 4) is 0 Å². The highest BCUT2D eigenvalue weighted by atomic mass is 16.7. The molecule has 0 aromatic heterocycles. The zero-order chi connectivity index (χ0) is 8.81. The van der Waals surface area contributed by atoms with Gasteiger partial charge in [-0.3, -0.25) is 0 Å². The lowest BCUT2D eigenvalue weighted by Gasteiger charge is -2.22. The molecule has 1 heterocycles. The number of rotatable bonds is 2. The van der Waals surface area contributed by atoms with Gasteiger partial charge in [-0.25, -0.2) is 4.79 Å². The lowest BCUT2D eigenvalue weighted by Crippen LogP contribution is -2.36. The molecule has 1 rings (SSSR count). The number of hydrogen-bond donors (Lipinski definition) is 1. The number of carbonyl (C=O) groups excluding carboxylic acids is 1. The van der Waals surface area contributed by atoms with E-state index in [0.29, 0.717) is 6.61 Å². The fraction of sp³-hybridized carbons (Fsp3) is 0.875. The fourth-order valence-corrected chi connectivity index (χ4v) is 1.21. The summed E-state index contributed by atoms with van der Waals surface area (Å²) < 4.78 is 9.66. The molecule has 0 spiro atoms. The lowest BCUT2D eigenvalue weighted by molar-refractivity contribution is 0.0185. The molecule has 1 N–H and O–H groups in total. The first kappa shape index (κ1) is 9.32. The summed E-state index contributed by atoms with van der Waals surface area (Å²) in [5.41, 5.74) is 0. The van der Waals surface area contributed by atoms with Crippen molar-refractivity contribution in [1.82, 2.24) is 5.32 Å². The third kappa shape index (κ3) is 3.09. The third-order valence-corrected chi connectivity index (χ3v) is 1.78. The van der Waals surface area contributed by atoms with Crippen molar-refractivity contribution in [3.63, 3.8) is 0 Å². The van der Waals surface area contributed by atoms with Crippen LogP contribution in [0.3, 0.4) is 0 Å². The number of piperidine rings is 1. The number of ether oxygens (including phenoxy) is 2. The molecule has 12 heavy (non-hydrogen) atoms. The van der Waals surface area contributed by atoms with Crippen LogP contribution in [0, 0.1) is 0 Å². The summed E-state index contributed by atoms with van der Waals surface area (Å²) in [4.78, 5) is 10.8. The van der Waals surface area contributed by atoms with Crippen LogP contribution in [0.4, 0.5) is 4.79 Å². The Labute approximate surface area is 72.2 Å². The maximum absolute atomic E-state index is 10.8. The van der Waals surface area contributed by atoms with E-state index in [9.17, 15) is 4.79 Å². The molecule has 1 saturated heterocycles. The summed E-state index contributed by atoms with van der Waals surface area (Å²) in [5.74, 6) is 0. The van der Waals surface area contributed by atoms with E-state index in [1.54, 1.807) is 6.92 Å². The van der Waals surface area contributed by atoms with E-state index in [-0.39, 0.29) is 6.10 Å². The Hall–Kier alpha value is -0.770. The molecule has 4 nitrogen and oxygen atoms in total. The maximum atomic E-state index is 10.8. The minimum atomic E-state index is -0.550. The Morgan fingerprint density at radius 2 is 2.50 bits per heavy atom. The van der Waals surface area contributed by atoms with Gasteiger partial charge in [-0.15, -0.1) is 0 Å². The average Bonchev–Trinajstić information content (AvgIpc) is 2.06. The third-order valence-electron chi connectivity index (χ3n) is 1.78. The maximum Gasteiger partial charge on any atom is 0.508 e. The molecule has 0 saturated carbocycles. The fourth-order valence-electron chi connectivity index (χ4n) is 1.21. The Bertz CT molecular complexity index is 143. The van der Waals surface area contributed by atoms with E-state index in [1.165, 1.54) is 0 Å². The molecule has 70 valence electrons. The molecule has 1 fully saturated rings. The SMILES string of the molecule is CCOC(=O)O[C@H]1CCCNC1. The molecule has 0 aliphatic carbocycles. The second-order valence-electron chi connectivity index (χ2n) is 2.77. The number of hydrogen-bond acceptors (Lipinski definition) is 4. The highest BCUT2D eigenvalue weighted by Gasteiger charge is 2.17. The molecule has 1 atom stereocenters. The molecule has 1 aliphatic heterocycles. The van der Waals surface area contributed by atoms with Gasteiger partial charge in [0.1, 0.15) is 6.10 Å². The quantitative estimate of drug-likeness (QED) is 0.630. The molecule has 0 aromatic carbocycles. The highest BCUT2D eigenvalue weighted by molar-refractivity contribution is 5.60. The minimum absolute atomic E-state index is 0.00204.